The minimum atomic E-state index is -0.363. The number of rotatable bonds is 5. The smallest absolute Gasteiger partial charge is 0.176 e. The molecule has 5 nitrogen and oxygen atoms in total. The van der Waals surface area contributed by atoms with E-state index in [4.69, 9.17) is 28.6 Å². The van der Waals surface area contributed by atoms with Crippen molar-refractivity contribution in [2.75, 3.05) is 17.7 Å². The van der Waals surface area contributed by atoms with Gasteiger partial charge in [0.1, 0.15) is 11.6 Å². The zero-order valence-corrected chi connectivity index (χ0v) is 15.4. The molecule has 0 saturated heterocycles. The molecular weight excluding hydrogens is 375 g/mol. The van der Waals surface area contributed by atoms with Crippen molar-refractivity contribution in [2.24, 2.45) is 0 Å². The number of anilines is 2. The first-order chi connectivity index (χ1) is 12.5. The molecule has 0 spiro atoms. The third-order valence-corrected chi connectivity index (χ3v) is 4.15. The maximum atomic E-state index is 13.9. The molecule has 0 amide bonds. The van der Waals surface area contributed by atoms with Gasteiger partial charge in [-0.15, -0.1) is 0 Å². The number of hydrogen-bond acceptors (Lipinski definition) is 3. The summed E-state index contributed by atoms with van der Waals surface area (Å²) in [5.41, 5.74) is 1.18. The summed E-state index contributed by atoms with van der Waals surface area (Å²) in [6.45, 7) is 0.225. The molecule has 1 aromatic heterocycles. The second kappa shape index (κ2) is 8.16. The van der Waals surface area contributed by atoms with Crippen LogP contribution in [-0.4, -0.2) is 22.0 Å². The molecule has 0 saturated carbocycles. The first-order valence-corrected chi connectivity index (χ1v) is 8.52. The predicted octanol–water partition coefficient (Wildman–Crippen LogP) is 4.54. The normalized spacial score (nSPS) is 10.4. The van der Waals surface area contributed by atoms with Gasteiger partial charge in [0.25, 0.3) is 0 Å². The second-order valence-electron chi connectivity index (χ2n) is 5.41. The lowest BCUT2D eigenvalue weighted by atomic mass is 10.2. The number of methoxy groups -OCH3 is 1. The summed E-state index contributed by atoms with van der Waals surface area (Å²) in [7, 11) is 1.60. The van der Waals surface area contributed by atoms with Crippen molar-refractivity contribution < 1.29 is 9.13 Å². The van der Waals surface area contributed by atoms with Crippen molar-refractivity contribution in [3.8, 4) is 5.75 Å². The van der Waals surface area contributed by atoms with Crippen LogP contribution in [0.2, 0.25) is 5.02 Å². The van der Waals surface area contributed by atoms with Crippen molar-refractivity contribution in [2.45, 2.75) is 6.54 Å². The number of thiocarbonyl (C=S) groups is 1. The topological polar surface area (TPSA) is 51.1 Å². The fourth-order valence-electron chi connectivity index (χ4n) is 2.34. The monoisotopic (exact) mass is 390 g/mol. The van der Waals surface area contributed by atoms with Crippen LogP contribution in [0.1, 0.15) is 5.56 Å². The van der Waals surface area contributed by atoms with E-state index in [2.05, 4.69) is 15.7 Å². The highest BCUT2D eigenvalue weighted by molar-refractivity contribution is 7.80. The Kier molecular flexibility index (Phi) is 5.70. The quantitative estimate of drug-likeness (QED) is 0.626. The van der Waals surface area contributed by atoms with Gasteiger partial charge in [0.15, 0.2) is 10.9 Å². The van der Waals surface area contributed by atoms with Crippen molar-refractivity contribution in [1.82, 2.24) is 9.78 Å². The average Bonchev–Trinajstić information content (AvgIpc) is 3.05. The molecule has 3 aromatic rings. The molecule has 2 N–H and O–H groups in total. The van der Waals surface area contributed by atoms with Gasteiger partial charge >= 0.3 is 0 Å². The Labute approximate surface area is 160 Å². The van der Waals surface area contributed by atoms with E-state index in [1.54, 1.807) is 36.2 Å². The van der Waals surface area contributed by atoms with Crippen molar-refractivity contribution in [1.29, 1.82) is 0 Å². The largest absolute Gasteiger partial charge is 0.497 e. The number of aromatic nitrogens is 2. The Bertz CT molecular complexity index is 911. The van der Waals surface area contributed by atoms with Gasteiger partial charge in [-0.3, -0.25) is 4.68 Å². The lowest BCUT2D eigenvalue weighted by Crippen LogP contribution is -2.19. The molecule has 3 rings (SSSR count). The molecule has 26 heavy (non-hydrogen) atoms. The number of nitrogens with one attached hydrogen (secondary N) is 2. The van der Waals surface area contributed by atoms with E-state index in [0.717, 1.165) is 11.4 Å². The Morgan fingerprint density at radius 1 is 1.23 bits per heavy atom. The predicted molar refractivity (Wildman–Crippen MR) is 106 cm³/mol. The van der Waals surface area contributed by atoms with Crippen LogP contribution in [0.15, 0.2) is 54.7 Å². The van der Waals surface area contributed by atoms with Gasteiger partial charge in [0, 0.05) is 34.6 Å². The third-order valence-electron chi connectivity index (χ3n) is 3.59. The zero-order valence-electron chi connectivity index (χ0n) is 13.9. The Morgan fingerprint density at radius 3 is 2.81 bits per heavy atom. The van der Waals surface area contributed by atoms with Crippen LogP contribution < -0.4 is 15.4 Å². The molecule has 0 atom stereocenters. The Hall–Kier alpha value is -2.64. The van der Waals surface area contributed by atoms with Crippen molar-refractivity contribution >= 4 is 40.4 Å². The van der Waals surface area contributed by atoms with Crippen LogP contribution in [0.25, 0.3) is 0 Å². The van der Waals surface area contributed by atoms with Gasteiger partial charge in [-0.2, -0.15) is 5.10 Å². The van der Waals surface area contributed by atoms with Gasteiger partial charge in [0.05, 0.1) is 13.7 Å². The maximum Gasteiger partial charge on any atom is 0.176 e. The summed E-state index contributed by atoms with van der Waals surface area (Å²) in [6.07, 6.45) is 1.72. The molecule has 0 aliphatic rings. The van der Waals surface area contributed by atoms with Crippen molar-refractivity contribution in [3.05, 3.63) is 71.1 Å². The molecule has 8 heteroatoms. The highest BCUT2D eigenvalue weighted by Crippen LogP contribution is 2.20. The second-order valence-corrected chi connectivity index (χ2v) is 6.23. The van der Waals surface area contributed by atoms with Crippen molar-refractivity contribution in [3.63, 3.8) is 0 Å². The fraction of sp³-hybridized carbons (Fsp3) is 0.111. The highest BCUT2D eigenvalue weighted by Gasteiger charge is 2.09. The van der Waals surface area contributed by atoms with E-state index < -0.39 is 0 Å². The van der Waals surface area contributed by atoms with Crippen LogP contribution in [0.3, 0.4) is 0 Å². The number of halogens is 2. The van der Waals surface area contributed by atoms with Crippen LogP contribution in [0.4, 0.5) is 15.9 Å². The number of nitrogens with zero attached hydrogens (tertiary/aromatic N) is 2. The van der Waals surface area contributed by atoms with E-state index in [1.165, 1.54) is 6.07 Å². The zero-order chi connectivity index (χ0) is 18.5. The van der Waals surface area contributed by atoms with E-state index in [9.17, 15) is 4.39 Å². The molecule has 0 bridgehead atoms. The van der Waals surface area contributed by atoms with Gasteiger partial charge in [0.2, 0.25) is 0 Å². The SMILES string of the molecule is COc1cccc(NC(=S)Nc2ccn(Cc3c(F)cccc3Cl)n2)c1. The molecule has 0 unspecified atom stereocenters. The molecule has 134 valence electrons. The number of ether oxygens (including phenoxy) is 1. The molecule has 0 radical (unpaired) electrons. The first-order valence-electron chi connectivity index (χ1n) is 7.73. The summed E-state index contributed by atoms with van der Waals surface area (Å²) in [6, 6.07) is 13.7. The van der Waals surface area contributed by atoms with E-state index in [0.29, 0.717) is 21.5 Å². The lowest BCUT2D eigenvalue weighted by molar-refractivity contribution is 0.415. The Morgan fingerprint density at radius 2 is 2.04 bits per heavy atom. The fourth-order valence-corrected chi connectivity index (χ4v) is 2.79. The molecule has 1 heterocycles. The summed E-state index contributed by atoms with van der Waals surface area (Å²) in [5, 5.41) is 11.1. The third kappa shape index (κ3) is 4.50. The van der Waals surface area contributed by atoms with Crippen LogP contribution >= 0.6 is 23.8 Å². The highest BCUT2D eigenvalue weighted by atomic mass is 35.5. The molecular formula is C18H16ClFN4OS. The minimum Gasteiger partial charge on any atom is -0.497 e. The summed E-state index contributed by atoms with van der Waals surface area (Å²) < 4.78 is 20.6. The maximum absolute atomic E-state index is 13.9. The summed E-state index contributed by atoms with van der Waals surface area (Å²) >= 11 is 11.3. The van der Waals surface area contributed by atoms with Gasteiger partial charge < -0.3 is 15.4 Å². The van der Waals surface area contributed by atoms with E-state index in [-0.39, 0.29) is 12.4 Å². The minimum absolute atomic E-state index is 0.225. The first kappa shape index (κ1) is 18.2. The van der Waals surface area contributed by atoms with E-state index in [1.807, 2.05) is 24.3 Å². The molecule has 0 aliphatic carbocycles. The molecule has 0 fully saturated rings. The summed E-state index contributed by atoms with van der Waals surface area (Å²) in [5.74, 6) is 0.902. The van der Waals surface area contributed by atoms with Gasteiger partial charge in [-0.05, 0) is 36.5 Å². The Balaban J connectivity index is 1.63. The van der Waals surface area contributed by atoms with Crippen LogP contribution in [0.5, 0.6) is 5.75 Å². The standard InChI is InChI=1S/C18H16ClFN4OS/c1-25-13-5-2-4-12(10-13)21-18(26)22-17-8-9-24(23-17)11-14-15(19)6-3-7-16(14)20/h2-10H,11H2,1H3,(H2,21,22,23,26). The van der Waals surface area contributed by atoms with Crippen LogP contribution in [0, 0.1) is 5.82 Å². The molecule has 2 aromatic carbocycles. The number of benzene rings is 2. The van der Waals surface area contributed by atoms with Gasteiger partial charge in [-0.25, -0.2) is 4.39 Å². The van der Waals surface area contributed by atoms with Gasteiger partial charge in [-0.1, -0.05) is 23.7 Å². The molecule has 0 aliphatic heterocycles. The van der Waals surface area contributed by atoms with Crippen LogP contribution in [-0.2, 0) is 6.54 Å². The van der Waals surface area contributed by atoms with E-state index >= 15 is 0 Å². The summed E-state index contributed by atoms with van der Waals surface area (Å²) in [4.78, 5) is 0. The number of hydrogen-bond donors (Lipinski definition) is 2. The average molecular weight is 391 g/mol. The lowest BCUT2D eigenvalue weighted by Gasteiger charge is -2.10.